The fraction of sp³-hybridized carbons (Fsp3) is 0.222. The zero-order valence-corrected chi connectivity index (χ0v) is 17.0. The molecule has 2 N–H and O–H groups in total. The number of rotatable bonds is 5. The van der Waals surface area contributed by atoms with Gasteiger partial charge in [-0.2, -0.15) is 0 Å². The molecular weight excluding hydrogens is 424 g/mol. The number of carbonyl (C=O) groups excluding carboxylic acids is 1. The molecular formula is C18H18BrClN2O2S. The van der Waals surface area contributed by atoms with Crippen LogP contribution in [0.25, 0.3) is 0 Å². The van der Waals surface area contributed by atoms with Gasteiger partial charge in [0, 0.05) is 15.2 Å². The molecule has 25 heavy (non-hydrogen) atoms. The number of nitrogens with one attached hydrogen (secondary N) is 2. The number of amides is 1. The monoisotopic (exact) mass is 440 g/mol. The van der Waals surface area contributed by atoms with Gasteiger partial charge in [-0.25, -0.2) is 0 Å². The van der Waals surface area contributed by atoms with E-state index in [2.05, 4.69) is 26.6 Å². The Balaban J connectivity index is 2.09. The molecule has 0 saturated carbocycles. The van der Waals surface area contributed by atoms with E-state index in [4.69, 9.17) is 28.6 Å². The second-order valence-electron chi connectivity index (χ2n) is 5.36. The lowest BCUT2D eigenvalue weighted by atomic mass is 10.2. The van der Waals surface area contributed by atoms with Gasteiger partial charge >= 0.3 is 0 Å². The minimum absolute atomic E-state index is 0.186. The Labute approximate surface area is 166 Å². The first-order valence-corrected chi connectivity index (χ1v) is 9.29. The molecule has 2 aromatic carbocycles. The molecule has 1 amide bonds. The van der Waals surface area contributed by atoms with E-state index < -0.39 is 0 Å². The van der Waals surface area contributed by atoms with Crippen LogP contribution in [-0.2, 0) is 0 Å². The van der Waals surface area contributed by atoms with Gasteiger partial charge in [-0.05, 0) is 61.5 Å². The smallest absolute Gasteiger partial charge is 0.261 e. The molecule has 0 aromatic heterocycles. The number of hydrogen-bond donors (Lipinski definition) is 2. The van der Waals surface area contributed by atoms with E-state index in [-0.39, 0.29) is 11.0 Å². The van der Waals surface area contributed by atoms with Gasteiger partial charge in [-0.3, -0.25) is 10.1 Å². The lowest BCUT2D eigenvalue weighted by Crippen LogP contribution is -2.34. The molecule has 0 radical (unpaired) electrons. The van der Waals surface area contributed by atoms with Crippen LogP contribution in [-0.4, -0.2) is 17.6 Å². The van der Waals surface area contributed by atoms with Crippen molar-refractivity contribution in [2.24, 2.45) is 0 Å². The first-order chi connectivity index (χ1) is 11.9. The minimum atomic E-state index is -0.344. The fourth-order valence-electron chi connectivity index (χ4n) is 2.02. The van der Waals surface area contributed by atoms with Gasteiger partial charge in [-0.15, -0.1) is 0 Å². The fourth-order valence-corrected chi connectivity index (χ4v) is 2.77. The predicted octanol–water partition coefficient (Wildman–Crippen LogP) is 5.33. The summed E-state index contributed by atoms with van der Waals surface area (Å²) in [7, 11) is 0. The molecule has 0 saturated heterocycles. The molecule has 0 heterocycles. The van der Waals surface area contributed by atoms with Crippen molar-refractivity contribution in [1.29, 1.82) is 0 Å². The first kappa shape index (κ1) is 19.7. The van der Waals surface area contributed by atoms with Crippen molar-refractivity contribution in [2.45, 2.75) is 20.3 Å². The van der Waals surface area contributed by atoms with E-state index in [9.17, 15) is 4.79 Å². The molecule has 0 aliphatic carbocycles. The Morgan fingerprint density at radius 2 is 2.04 bits per heavy atom. The second kappa shape index (κ2) is 9.17. The molecule has 132 valence electrons. The molecule has 0 bridgehead atoms. The van der Waals surface area contributed by atoms with Crippen molar-refractivity contribution >= 4 is 56.5 Å². The van der Waals surface area contributed by atoms with Crippen LogP contribution in [0.1, 0.15) is 29.3 Å². The molecule has 4 nitrogen and oxygen atoms in total. The van der Waals surface area contributed by atoms with Crippen LogP contribution < -0.4 is 15.4 Å². The first-order valence-electron chi connectivity index (χ1n) is 7.71. The summed E-state index contributed by atoms with van der Waals surface area (Å²) in [4.78, 5) is 12.5. The predicted molar refractivity (Wildman–Crippen MR) is 110 cm³/mol. The van der Waals surface area contributed by atoms with Crippen molar-refractivity contribution in [1.82, 2.24) is 5.32 Å². The van der Waals surface area contributed by atoms with E-state index in [1.807, 2.05) is 32.0 Å². The summed E-state index contributed by atoms with van der Waals surface area (Å²) in [6.45, 7) is 4.45. The number of carbonyl (C=O) groups is 1. The number of halogens is 2. The molecule has 0 aliphatic rings. The number of benzene rings is 2. The number of ether oxygens (including phenoxy) is 1. The molecule has 7 heteroatoms. The summed E-state index contributed by atoms with van der Waals surface area (Å²) in [5, 5.41) is 6.42. The van der Waals surface area contributed by atoms with Crippen LogP contribution >= 0.6 is 39.7 Å². The number of thiocarbonyl (C=S) groups is 1. The molecule has 0 atom stereocenters. The van der Waals surface area contributed by atoms with Crippen molar-refractivity contribution in [3.8, 4) is 5.75 Å². The number of hydrogen-bond acceptors (Lipinski definition) is 3. The average Bonchev–Trinajstić information content (AvgIpc) is 2.57. The topological polar surface area (TPSA) is 50.4 Å². The van der Waals surface area contributed by atoms with Gasteiger partial charge in [0.1, 0.15) is 5.75 Å². The lowest BCUT2D eigenvalue weighted by molar-refractivity contribution is 0.0973. The van der Waals surface area contributed by atoms with E-state index in [0.717, 1.165) is 16.5 Å². The van der Waals surface area contributed by atoms with Gasteiger partial charge in [0.15, 0.2) is 5.11 Å². The van der Waals surface area contributed by atoms with E-state index in [1.54, 1.807) is 18.2 Å². The zero-order chi connectivity index (χ0) is 18.4. The highest BCUT2D eigenvalue weighted by atomic mass is 79.9. The second-order valence-corrected chi connectivity index (χ2v) is 7.09. The van der Waals surface area contributed by atoms with Crippen LogP contribution in [0.15, 0.2) is 40.9 Å². The van der Waals surface area contributed by atoms with Crippen LogP contribution in [0.2, 0.25) is 5.02 Å². The summed E-state index contributed by atoms with van der Waals surface area (Å²) in [5.74, 6) is 0.173. The highest BCUT2D eigenvalue weighted by Gasteiger charge is 2.15. The average molecular weight is 442 g/mol. The van der Waals surface area contributed by atoms with Crippen molar-refractivity contribution < 1.29 is 9.53 Å². The molecule has 2 aromatic rings. The quantitative estimate of drug-likeness (QED) is 0.616. The molecule has 0 spiro atoms. The minimum Gasteiger partial charge on any atom is -0.493 e. The molecule has 0 fully saturated rings. The highest BCUT2D eigenvalue weighted by Crippen LogP contribution is 2.24. The van der Waals surface area contributed by atoms with Gasteiger partial charge < -0.3 is 10.1 Å². The SMILES string of the molecule is CCCOc1ccc(Br)cc1C(=O)NC(=S)Nc1ccc(C)c(Cl)c1. The summed E-state index contributed by atoms with van der Waals surface area (Å²) < 4.78 is 6.41. The van der Waals surface area contributed by atoms with Crippen LogP contribution in [0.3, 0.4) is 0 Å². The van der Waals surface area contributed by atoms with Gasteiger partial charge in [0.05, 0.1) is 12.2 Å². The summed E-state index contributed by atoms with van der Waals surface area (Å²) >= 11 is 14.7. The third kappa shape index (κ3) is 5.70. The van der Waals surface area contributed by atoms with Crippen molar-refractivity contribution in [2.75, 3.05) is 11.9 Å². The zero-order valence-electron chi connectivity index (χ0n) is 13.9. The third-order valence-corrected chi connectivity index (χ3v) is 4.41. The lowest BCUT2D eigenvalue weighted by Gasteiger charge is -2.13. The standard InChI is InChI=1S/C18H18BrClN2O2S/c1-3-8-24-16-7-5-12(19)9-14(16)17(23)22-18(25)21-13-6-4-11(2)15(20)10-13/h4-7,9-10H,3,8H2,1-2H3,(H2,21,22,23,25). The Bertz CT molecular complexity index is 799. The van der Waals surface area contributed by atoms with E-state index in [1.165, 1.54) is 0 Å². The van der Waals surface area contributed by atoms with Gasteiger partial charge in [0.2, 0.25) is 0 Å². The van der Waals surface area contributed by atoms with Crippen molar-refractivity contribution in [3.05, 3.63) is 57.0 Å². The Kier molecular flexibility index (Phi) is 7.23. The molecule has 0 aliphatic heterocycles. The maximum atomic E-state index is 12.5. The summed E-state index contributed by atoms with van der Waals surface area (Å²) in [6, 6.07) is 10.8. The van der Waals surface area contributed by atoms with E-state index >= 15 is 0 Å². The molecule has 2 rings (SSSR count). The van der Waals surface area contributed by atoms with Crippen LogP contribution in [0.4, 0.5) is 5.69 Å². The summed E-state index contributed by atoms with van der Waals surface area (Å²) in [5.41, 5.74) is 2.08. The summed E-state index contributed by atoms with van der Waals surface area (Å²) in [6.07, 6.45) is 0.852. The van der Waals surface area contributed by atoms with Crippen LogP contribution in [0.5, 0.6) is 5.75 Å². The Morgan fingerprint density at radius 3 is 2.72 bits per heavy atom. The number of aryl methyl sites for hydroxylation is 1. The maximum Gasteiger partial charge on any atom is 0.261 e. The van der Waals surface area contributed by atoms with Crippen molar-refractivity contribution in [3.63, 3.8) is 0 Å². The maximum absolute atomic E-state index is 12.5. The largest absolute Gasteiger partial charge is 0.493 e. The Morgan fingerprint density at radius 1 is 1.28 bits per heavy atom. The third-order valence-electron chi connectivity index (χ3n) is 3.30. The number of anilines is 1. The normalized spacial score (nSPS) is 10.2. The Hall–Kier alpha value is -1.63. The molecule has 0 unspecified atom stereocenters. The highest BCUT2D eigenvalue weighted by molar-refractivity contribution is 9.10. The van der Waals surface area contributed by atoms with E-state index in [0.29, 0.717) is 28.6 Å². The van der Waals surface area contributed by atoms with Crippen LogP contribution in [0, 0.1) is 6.92 Å². The van der Waals surface area contributed by atoms with Gasteiger partial charge in [-0.1, -0.05) is 40.5 Å². The van der Waals surface area contributed by atoms with Gasteiger partial charge in [0.25, 0.3) is 5.91 Å².